The van der Waals surface area contributed by atoms with Gasteiger partial charge in [0.2, 0.25) is 0 Å². The molecule has 1 aromatic carbocycles. The number of thiophene rings is 1. The molecule has 0 unspecified atom stereocenters. The van der Waals surface area contributed by atoms with E-state index in [2.05, 4.69) is 5.32 Å². The normalized spacial score (nSPS) is 13.9. The molecule has 2 nitrogen and oxygen atoms in total. The molecule has 1 N–H and O–H groups in total. The molecule has 1 aliphatic carbocycles. The van der Waals surface area contributed by atoms with Crippen LogP contribution in [0.3, 0.4) is 0 Å². The van der Waals surface area contributed by atoms with E-state index in [1.165, 1.54) is 23.3 Å². The molecular weight excluding hydrogens is 313 g/mol. The minimum Gasteiger partial charge on any atom is -0.321 e. The second-order valence-corrected chi connectivity index (χ2v) is 6.89. The molecular formula is C15H13Cl2NOS. The average molecular weight is 326 g/mol. The highest BCUT2D eigenvalue weighted by molar-refractivity contribution is 7.14. The van der Waals surface area contributed by atoms with Crippen molar-refractivity contribution in [2.75, 3.05) is 5.32 Å². The minimum atomic E-state index is -0.0947. The fraction of sp³-hybridized carbons (Fsp3) is 0.267. The van der Waals surface area contributed by atoms with Crippen LogP contribution in [0.1, 0.15) is 33.0 Å². The number of aryl methyl sites for hydroxylation is 2. The number of rotatable bonds is 2. The standard InChI is InChI=1S/C15H13Cl2NOS/c16-10-6-11(17)8-12(7-10)18-15(19)14-5-9-3-1-2-4-13(9)20-14/h5-8H,1-4H2,(H,18,19). The van der Waals surface area contributed by atoms with Gasteiger partial charge in [-0.2, -0.15) is 0 Å². The van der Waals surface area contributed by atoms with Crippen molar-refractivity contribution in [2.24, 2.45) is 0 Å². The Hall–Kier alpha value is -1.03. The van der Waals surface area contributed by atoms with Crippen molar-refractivity contribution in [1.82, 2.24) is 0 Å². The van der Waals surface area contributed by atoms with Crippen molar-refractivity contribution < 1.29 is 4.79 Å². The smallest absolute Gasteiger partial charge is 0.265 e. The highest BCUT2D eigenvalue weighted by atomic mass is 35.5. The van der Waals surface area contributed by atoms with E-state index in [0.29, 0.717) is 15.7 Å². The molecule has 0 saturated heterocycles. The van der Waals surface area contributed by atoms with E-state index in [1.807, 2.05) is 6.07 Å². The third kappa shape index (κ3) is 3.00. The third-order valence-corrected chi connectivity index (χ3v) is 5.01. The molecule has 0 spiro atoms. The van der Waals surface area contributed by atoms with E-state index >= 15 is 0 Å². The number of fused-ring (bicyclic) bond motifs is 1. The van der Waals surface area contributed by atoms with Gasteiger partial charge < -0.3 is 5.32 Å². The molecule has 0 radical (unpaired) electrons. The van der Waals surface area contributed by atoms with E-state index in [1.54, 1.807) is 29.5 Å². The van der Waals surface area contributed by atoms with Crippen molar-refractivity contribution in [3.05, 3.63) is 49.6 Å². The molecule has 0 bridgehead atoms. The summed E-state index contributed by atoms with van der Waals surface area (Å²) >= 11 is 13.5. The zero-order valence-electron chi connectivity index (χ0n) is 10.7. The van der Waals surface area contributed by atoms with Crippen LogP contribution in [0.15, 0.2) is 24.3 Å². The van der Waals surface area contributed by atoms with Crippen LogP contribution < -0.4 is 5.32 Å². The van der Waals surface area contributed by atoms with Crippen LogP contribution in [0.4, 0.5) is 5.69 Å². The van der Waals surface area contributed by atoms with Gasteiger partial charge in [-0.05, 0) is 55.5 Å². The van der Waals surface area contributed by atoms with Crippen LogP contribution in [0.25, 0.3) is 0 Å². The molecule has 1 aliphatic rings. The maximum atomic E-state index is 12.3. The average Bonchev–Trinajstić information content (AvgIpc) is 2.81. The predicted molar refractivity (Wildman–Crippen MR) is 85.4 cm³/mol. The summed E-state index contributed by atoms with van der Waals surface area (Å²) in [7, 11) is 0. The maximum Gasteiger partial charge on any atom is 0.265 e. The first kappa shape index (κ1) is 13.9. The molecule has 0 atom stereocenters. The molecule has 2 aromatic rings. The molecule has 104 valence electrons. The van der Waals surface area contributed by atoms with Crippen molar-refractivity contribution in [3.8, 4) is 0 Å². The summed E-state index contributed by atoms with van der Waals surface area (Å²) in [4.78, 5) is 14.4. The number of hydrogen-bond acceptors (Lipinski definition) is 2. The highest BCUT2D eigenvalue weighted by Crippen LogP contribution is 2.30. The summed E-state index contributed by atoms with van der Waals surface area (Å²) < 4.78 is 0. The van der Waals surface area contributed by atoms with Crippen LogP contribution in [0.2, 0.25) is 10.0 Å². The van der Waals surface area contributed by atoms with Gasteiger partial charge in [0.05, 0.1) is 4.88 Å². The van der Waals surface area contributed by atoms with E-state index in [4.69, 9.17) is 23.2 Å². The van der Waals surface area contributed by atoms with Crippen molar-refractivity contribution in [1.29, 1.82) is 0 Å². The minimum absolute atomic E-state index is 0.0947. The number of anilines is 1. The number of halogens is 2. The number of carbonyl (C=O) groups is 1. The number of carbonyl (C=O) groups excluding carboxylic acids is 1. The lowest BCUT2D eigenvalue weighted by Gasteiger charge is -2.08. The third-order valence-electron chi connectivity index (χ3n) is 3.34. The van der Waals surface area contributed by atoms with Crippen molar-refractivity contribution in [2.45, 2.75) is 25.7 Å². The van der Waals surface area contributed by atoms with E-state index in [9.17, 15) is 4.79 Å². The molecule has 0 saturated carbocycles. The van der Waals surface area contributed by atoms with Gasteiger partial charge in [-0.15, -0.1) is 11.3 Å². The summed E-state index contributed by atoms with van der Waals surface area (Å²) in [6.45, 7) is 0. The fourth-order valence-electron chi connectivity index (χ4n) is 2.42. The molecule has 1 amide bonds. The molecule has 5 heteroatoms. The van der Waals surface area contributed by atoms with Crippen LogP contribution in [-0.4, -0.2) is 5.91 Å². The molecule has 3 rings (SSSR count). The Morgan fingerprint density at radius 1 is 1.05 bits per heavy atom. The number of benzene rings is 1. The Balaban J connectivity index is 1.80. The summed E-state index contributed by atoms with van der Waals surface area (Å²) in [5.41, 5.74) is 1.95. The number of hydrogen-bond donors (Lipinski definition) is 1. The summed E-state index contributed by atoms with van der Waals surface area (Å²) in [5.74, 6) is -0.0947. The first-order valence-electron chi connectivity index (χ1n) is 6.51. The lowest BCUT2D eigenvalue weighted by molar-refractivity contribution is 0.103. The lowest BCUT2D eigenvalue weighted by atomic mass is 9.99. The molecule has 1 aromatic heterocycles. The van der Waals surface area contributed by atoms with E-state index in [-0.39, 0.29) is 5.91 Å². The Bertz CT molecular complexity index is 622. The monoisotopic (exact) mass is 325 g/mol. The SMILES string of the molecule is O=C(Nc1cc(Cl)cc(Cl)c1)c1cc2c(s1)CCCC2. The molecule has 1 heterocycles. The highest BCUT2D eigenvalue weighted by Gasteiger charge is 2.17. The summed E-state index contributed by atoms with van der Waals surface area (Å²) in [6, 6.07) is 7.04. The van der Waals surface area contributed by atoms with Crippen LogP contribution >= 0.6 is 34.5 Å². The summed E-state index contributed by atoms with van der Waals surface area (Å²) in [5, 5.41) is 3.88. The predicted octanol–water partition coefficient (Wildman–Crippen LogP) is 5.19. The van der Waals surface area contributed by atoms with E-state index < -0.39 is 0 Å². The summed E-state index contributed by atoms with van der Waals surface area (Å²) in [6.07, 6.45) is 4.62. The van der Waals surface area contributed by atoms with Gasteiger partial charge in [-0.25, -0.2) is 0 Å². The quantitative estimate of drug-likeness (QED) is 0.809. The number of nitrogens with one attached hydrogen (secondary N) is 1. The lowest BCUT2D eigenvalue weighted by Crippen LogP contribution is -2.10. The van der Waals surface area contributed by atoms with Gasteiger partial charge in [0.15, 0.2) is 0 Å². The van der Waals surface area contributed by atoms with Gasteiger partial charge in [0.1, 0.15) is 0 Å². The van der Waals surface area contributed by atoms with Gasteiger partial charge >= 0.3 is 0 Å². The Morgan fingerprint density at radius 3 is 2.45 bits per heavy atom. The molecule has 0 aliphatic heterocycles. The molecule has 20 heavy (non-hydrogen) atoms. The zero-order valence-corrected chi connectivity index (χ0v) is 13.0. The second kappa shape index (κ2) is 5.76. The van der Waals surface area contributed by atoms with Crippen LogP contribution in [0.5, 0.6) is 0 Å². The van der Waals surface area contributed by atoms with Crippen LogP contribution in [-0.2, 0) is 12.8 Å². The van der Waals surface area contributed by atoms with Crippen molar-refractivity contribution in [3.63, 3.8) is 0 Å². The van der Waals surface area contributed by atoms with Gasteiger partial charge in [0.25, 0.3) is 5.91 Å². The second-order valence-electron chi connectivity index (χ2n) is 4.88. The van der Waals surface area contributed by atoms with Crippen LogP contribution in [0, 0.1) is 0 Å². The fourth-order valence-corrected chi connectivity index (χ4v) is 4.10. The molecule has 0 fully saturated rings. The Kier molecular flexibility index (Phi) is 4.01. The van der Waals surface area contributed by atoms with Crippen molar-refractivity contribution >= 4 is 46.1 Å². The van der Waals surface area contributed by atoms with Gasteiger partial charge in [-0.1, -0.05) is 23.2 Å². The largest absolute Gasteiger partial charge is 0.321 e. The van der Waals surface area contributed by atoms with E-state index in [0.717, 1.165) is 17.7 Å². The topological polar surface area (TPSA) is 29.1 Å². The zero-order chi connectivity index (χ0) is 14.1. The van der Waals surface area contributed by atoms with Gasteiger partial charge in [0, 0.05) is 20.6 Å². The first-order chi connectivity index (χ1) is 9.61. The first-order valence-corrected chi connectivity index (χ1v) is 8.08. The maximum absolute atomic E-state index is 12.3. The number of amides is 1. The Labute approximate surface area is 131 Å². The Morgan fingerprint density at radius 2 is 1.75 bits per heavy atom. The van der Waals surface area contributed by atoms with Gasteiger partial charge in [-0.3, -0.25) is 4.79 Å².